The van der Waals surface area contributed by atoms with Gasteiger partial charge < -0.3 is 4.90 Å². The summed E-state index contributed by atoms with van der Waals surface area (Å²) in [7, 11) is 0. The van der Waals surface area contributed by atoms with Crippen LogP contribution < -0.4 is 10.5 Å². The van der Waals surface area contributed by atoms with Crippen LogP contribution in [0.1, 0.15) is 18.2 Å². The van der Waals surface area contributed by atoms with E-state index in [0.717, 1.165) is 16.6 Å². The first-order valence-corrected chi connectivity index (χ1v) is 8.43. The Morgan fingerprint density at radius 3 is 2.96 bits per heavy atom. The number of nitrogens with zero attached hydrogens (tertiary/aromatic N) is 3. The van der Waals surface area contributed by atoms with E-state index >= 15 is 0 Å². The molecule has 0 bridgehead atoms. The Morgan fingerprint density at radius 1 is 1.26 bits per heavy atom. The average Bonchev–Trinajstić information content (AvgIpc) is 2.84. The van der Waals surface area contributed by atoms with E-state index in [4.69, 9.17) is 0 Å². The van der Waals surface area contributed by atoms with Gasteiger partial charge in [-0.05, 0) is 53.0 Å². The molecule has 0 aliphatic carbocycles. The molecule has 23 heavy (non-hydrogen) atoms. The van der Waals surface area contributed by atoms with E-state index < -0.39 is 0 Å². The molecule has 1 aromatic carbocycles. The summed E-state index contributed by atoms with van der Waals surface area (Å²) in [6, 6.07) is 14.3. The highest BCUT2D eigenvalue weighted by atomic mass is 79.9. The summed E-state index contributed by atoms with van der Waals surface area (Å²) in [6.07, 6.45) is 2.79. The molecule has 0 amide bonds. The Bertz CT molecular complexity index is 950. The molecule has 116 valence electrons. The number of aromatic nitrogens is 2. The third-order valence-electron chi connectivity index (χ3n) is 4.36. The molecule has 0 saturated carbocycles. The van der Waals surface area contributed by atoms with E-state index in [-0.39, 0.29) is 5.56 Å². The topological polar surface area (TPSA) is 37.6 Å². The van der Waals surface area contributed by atoms with Gasteiger partial charge in [-0.25, -0.2) is 4.98 Å². The number of para-hydroxylation sites is 1. The number of pyridine rings is 1. The third-order valence-corrected chi connectivity index (χ3v) is 4.83. The summed E-state index contributed by atoms with van der Waals surface area (Å²) in [6.45, 7) is 2.87. The van der Waals surface area contributed by atoms with Gasteiger partial charge in [0.1, 0.15) is 5.65 Å². The van der Waals surface area contributed by atoms with Crippen molar-refractivity contribution >= 4 is 27.3 Å². The van der Waals surface area contributed by atoms with E-state index in [1.807, 2.05) is 12.1 Å². The lowest BCUT2D eigenvalue weighted by Crippen LogP contribution is -2.30. The van der Waals surface area contributed by atoms with Crippen molar-refractivity contribution in [3.8, 4) is 0 Å². The van der Waals surface area contributed by atoms with Crippen LogP contribution in [-0.2, 0) is 13.0 Å². The molecule has 1 aliphatic heterocycles. The highest BCUT2D eigenvalue weighted by Gasteiger charge is 2.25. The zero-order chi connectivity index (χ0) is 16.0. The zero-order valence-electron chi connectivity index (χ0n) is 12.7. The van der Waals surface area contributed by atoms with Crippen molar-refractivity contribution in [2.45, 2.75) is 25.9 Å². The fourth-order valence-corrected chi connectivity index (χ4v) is 3.59. The van der Waals surface area contributed by atoms with Crippen molar-refractivity contribution in [2.24, 2.45) is 0 Å². The number of rotatable bonds is 2. The molecule has 0 radical (unpaired) electrons. The zero-order valence-corrected chi connectivity index (χ0v) is 14.3. The first kappa shape index (κ1) is 14.5. The molecule has 4 nitrogen and oxygen atoms in total. The fourth-order valence-electron chi connectivity index (χ4n) is 3.25. The van der Waals surface area contributed by atoms with Crippen molar-refractivity contribution < 1.29 is 0 Å². The lowest BCUT2D eigenvalue weighted by atomic mass is 10.1. The predicted octanol–water partition coefficient (Wildman–Crippen LogP) is 3.41. The molecular formula is C18H16BrN3O. The van der Waals surface area contributed by atoms with Gasteiger partial charge in [-0.2, -0.15) is 0 Å². The Kier molecular flexibility index (Phi) is 3.45. The lowest BCUT2D eigenvalue weighted by molar-refractivity contribution is 0.664. The second-order valence-corrected chi connectivity index (χ2v) is 6.89. The van der Waals surface area contributed by atoms with Gasteiger partial charge in [0.25, 0.3) is 5.56 Å². The van der Waals surface area contributed by atoms with Crippen LogP contribution in [0.5, 0.6) is 0 Å². The van der Waals surface area contributed by atoms with Gasteiger partial charge in [0, 0.05) is 28.5 Å². The maximum atomic E-state index is 12.3. The quantitative estimate of drug-likeness (QED) is 0.694. The second-order valence-electron chi connectivity index (χ2n) is 5.97. The summed E-state index contributed by atoms with van der Waals surface area (Å²) < 4.78 is 2.43. The highest BCUT2D eigenvalue weighted by molar-refractivity contribution is 9.10. The number of anilines is 1. The number of hydrogen-bond donors (Lipinski definition) is 0. The Hall–Kier alpha value is -2.14. The average molecular weight is 370 g/mol. The van der Waals surface area contributed by atoms with Crippen LogP contribution >= 0.6 is 15.9 Å². The summed E-state index contributed by atoms with van der Waals surface area (Å²) in [4.78, 5) is 19.3. The molecule has 1 atom stereocenters. The number of benzene rings is 1. The SMILES string of the molecule is CC1Cc2ccccc2N1Cc1cc(=O)n2cc(Br)ccc2n1. The summed E-state index contributed by atoms with van der Waals surface area (Å²) >= 11 is 3.39. The van der Waals surface area contributed by atoms with Crippen molar-refractivity contribution in [3.05, 3.63) is 74.7 Å². The summed E-state index contributed by atoms with van der Waals surface area (Å²) in [5.41, 5.74) is 4.04. The van der Waals surface area contributed by atoms with Gasteiger partial charge in [0.05, 0.1) is 12.2 Å². The van der Waals surface area contributed by atoms with Crippen molar-refractivity contribution in [3.63, 3.8) is 0 Å². The van der Waals surface area contributed by atoms with E-state index in [1.165, 1.54) is 11.3 Å². The summed E-state index contributed by atoms with van der Waals surface area (Å²) in [5, 5.41) is 0. The summed E-state index contributed by atoms with van der Waals surface area (Å²) in [5.74, 6) is 0. The fraction of sp³-hybridized carbons (Fsp3) is 0.222. The van der Waals surface area contributed by atoms with Gasteiger partial charge >= 0.3 is 0 Å². The van der Waals surface area contributed by atoms with Gasteiger partial charge in [0.15, 0.2) is 0 Å². The Balaban J connectivity index is 1.74. The van der Waals surface area contributed by atoms with Gasteiger partial charge in [0.2, 0.25) is 0 Å². The second kappa shape index (κ2) is 5.49. The van der Waals surface area contributed by atoms with Gasteiger partial charge in [-0.15, -0.1) is 0 Å². The molecule has 0 saturated heterocycles. The maximum absolute atomic E-state index is 12.3. The normalized spacial score (nSPS) is 16.8. The molecule has 1 unspecified atom stereocenters. The van der Waals surface area contributed by atoms with E-state index in [0.29, 0.717) is 18.2 Å². The van der Waals surface area contributed by atoms with Crippen LogP contribution in [0.2, 0.25) is 0 Å². The lowest BCUT2D eigenvalue weighted by Gasteiger charge is -2.24. The molecule has 1 aliphatic rings. The van der Waals surface area contributed by atoms with Gasteiger partial charge in [-0.3, -0.25) is 9.20 Å². The minimum atomic E-state index is -0.0496. The van der Waals surface area contributed by atoms with Crippen LogP contribution in [0.3, 0.4) is 0 Å². The Morgan fingerprint density at radius 2 is 2.09 bits per heavy atom. The number of fused-ring (bicyclic) bond motifs is 2. The van der Waals surface area contributed by atoms with Crippen molar-refractivity contribution in [1.82, 2.24) is 9.38 Å². The van der Waals surface area contributed by atoms with E-state index in [2.05, 4.69) is 57.0 Å². The number of hydrogen-bond acceptors (Lipinski definition) is 3. The molecule has 5 heteroatoms. The van der Waals surface area contributed by atoms with Crippen LogP contribution in [0, 0.1) is 0 Å². The Labute approximate surface area is 142 Å². The van der Waals surface area contributed by atoms with Crippen LogP contribution in [0.4, 0.5) is 5.69 Å². The van der Waals surface area contributed by atoms with Gasteiger partial charge in [-0.1, -0.05) is 18.2 Å². The largest absolute Gasteiger partial charge is 0.362 e. The molecule has 2 aromatic heterocycles. The van der Waals surface area contributed by atoms with Crippen LogP contribution in [0.25, 0.3) is 5.65 Å². The molecular weight excluding hydrogens is 354 g/mol. The first-order valence-electron chi connectivity index (χ1n) is 7.64. The standard InChI is InChI=1S/C18H16BrN3O/c1-12-8-13-4-2-3-5-16(13)21(12)11-15-9-18(23)22-10-14(19)6-7-17(22)20-15/h2-7,9-10,12H,8,11H2,1H3. The minimum absolute atomic E-state index is 0.0496. The molecule has 3 aromatic rings. The molecule has 0 fully saturated rings. The first-order chi connectivity index (χ1) is 11.1. The molecule has 0 N–H and O–H groups in total. The van der Waals surface area contributed by atoms with Crippen molar-refractivity contribution in [1.29, 1.82) is 0 Å². The number of halogens is 1. The van der Waals surface area contributed by atoms with Crippen LogP contribution in [-0.4, -0.2) is 15.4 Å². The predicted molar refractivity (Wildman–Crippen MR) is 95.0 cm³/mol. The van der Waals surface area contributed by atoms with Crippen molar-refractivity contribution in [2.75, 3.05) is 4.90 Å². The minimum Gasteiger partial charge on any atom is -0.362 e. The third kappa shape index (κ3) is 2.55. The van der Waals surface area contributed by atoms with Crippen LogP contribution in [0.15, 0.2) is 57.9 Å². The highest BCUT2D eigenvalue weighted by Crippen LogP contribution is 2.32. The molecule has 0 spiro atoms. The maximum Gasteiger partial charge on any atom is 0.258 e. The molecule has 4 rings (SSSR count). The van der Waals surface area contributed by atoms with E-state index in [9.17, 15) is 4.79 Å². The van der Waals surface area contributed by atoms with E-state index in [1.54, 1.807) is 16.7 Å². The monoisotopic (exact) mass is 369 g/mol. The molecule has 3 heterocycles. The smallest absolute Gasteiger partial charge is 0.258 e.